The highest BCUT2D eigenvalue weighted by atomic mass is 32.2. The third-order valence-electron chi connectivity index (χ3n) is 3.80. The molecule has 0 aromatic heterocycles. The van der Waals surface area contributed by atoms with Gasteiger partial charge in [-0.1, -0.05) is 18.2 Å². The number of amides is 1. The smallest absolute Gasteiger partial charge is 0.230 e. The Labute approximate surface area is 146 Å². The summed E-state index contributed by atoms with van der Waals surface area (Å²) in [5.41, 5.74) is 1.06. The lowest BCUT2D eigenvalue weighted by molar-refractivity contribution is -0.119. The van der Waals surface area contributed by atoms with Crippen molar-refractivity contribution in [1.82, 2.24) is 5.32 Å². The Morgan fingerprint density at radius 3 is 2.83 bits per heavy atom. The number of thioether (sulfide) groups is 1. The van der Waals surface area contributed by atoms with Crippen molar-refractivity contribution in [3.05, 3.63) is 54.1 Å². The molecular weight excluding hydrogens is 322 g/mol. The minimum absolute atomic E-state index is 0.0309. The molecule has 0 bridgehead atoms. The van der Waals surface area contributed by atoms with Crippen molar-refractivity contribution in [3.63, 3.8) is 0 Å². The summed E-state index contributed by atoms with van der Waals surface area (Å²) in [5.74, 6) is 2.15. The van der Waals surface area contributed by atoms with E-state index in [4.69, 9.17) is 9.47 Å². The maximum atomic E-state index is 12.3. The number of rotatable bonds is 6. The Kier molecular flexibility index (Phi) is 5.64. The molecule has 1 atom stereocenters. The first kappa shape index (κ1) is 16.7. The normalized spacial score (nSPS) is 16.0. The molecule has 4 nitrogen and oxygen atoms in total. The summed E-state index contributed by atoms with van der Waals surface area (Å²) in [6, 6.07) is 15.7. The monoisotopic (exact) mass is 343 g/mol. The molecule has 1 aliphatic rings. The van der Waals surface area contributed by atoms with Gasteiger partial charge in [0.05, 0.1) is 25.0 Å². The fourth-order valence-corrected chi connectivity index (χ4v) is 3.39. The first-order valence-corrected chi connectivity index (χ1v) is 9.11. The molecule has 1 aliphatic heterocycles. The fourth-order valence-electron chi connectivity index (χ4n) is 2.68. The van der Waals surface area contributed by atoms with Crippen molar-refractivity contribution in [2.45, 2.75) is 24.3 Å². The Bertz CT molecular complexity index is 687. The molecule has 0 saturated carbocycles. The van der Waals surface area contributed by atoms with Crippen LogP contribution in [0.5, 0.6) is 11.5 Å². The zero-order chi connectivity index (χ0) is 16.8. The van der Waals surface area contributed by atoms with Crippen LogP contribution in [0, 0.1) is 0 Å². The van der Waals surface area contributed by atoms with Gasteiger partial charge in [-0.2, -0.15) is 0 Å². The average Bonchev–Trinajstić information content (AvgIpc) is 2.62. The minimum atomic E-state index is 0.0309. The van der Waals surface area contributed by atoms with Gasteiger partial charge in [-0.25, -0.2) is 0 Å². The zero-order valence-corrected chi connectivity index (χ0v) is 14.5. The number of ether oxygens (including phenoxy) is 2. The standard InChI is InChI=1S/C19H21NO3S/c1-2-22-14-7-9-15(10-8-14)24-13-19(21)20-17-11-12-23-18-6-4-3-5-16(17)18/h3-10,17H,2,11-13H2,1H3,(H,20,21)/t17-/m0/s1. The molecule has 0 saturated heterocycles. The van der Waals surface area contributed by atoms with Gasteiger partial charge < -0.3 is 14.8 Å². The number of carbonyl (C=O) groups is 1. The second-order valence-electron chi connectivity index (χ2n) is 5.49. The van der Waals surface area contributed by atoms with E-state index in [1.165, 1.54) is 11.8 Å². The quantitative estimate of drug-likeness (QED) is 0.810. The number of para-hydroxylation sites is 1. The molecule has 5 heteroatoms. The second kappa shape index (κ2) is 8.11. The van der Waals surface area contributed by atoms with E-state index in [0.29, 0.717) is 19.0 Å². The van der Waals surface area contributed by atoms with Crippen LogP contribution in [0.2, 0.25) is 0 Å². The van der Waals surface area contributed by atoms with Crippen LogP contribution in [-0.2, 0) is 4.79 Å². The molecule has 0 unspecified atom stereocenters. The fraction of sp³-hybridized carbons (Fsp3) is 0.316. The van der Waals surface area contributed by atoms with Crippen molar-refractivity contribution in [1.29, 1.82) is 0 Å². The first-order valence-electron chi connectivity index (χ1n) is 8.13. The summed E-state index contributed by atoms with van der Waals surface area (Å²) in [4.78, 5) is 13.3. The van der Waals surface area contributed by atoms with Crippen molar-refractivity contribution in [2.24, 2.45) is 0 Å². The van der Waals surface area contributed by atoms with E-state index in [-0.39, 0.29) is 11.9 Å². The summed E-state index contributed by atoms with van der Waals surface area (Å²) >= 11 is 1.53. The van der Waals surface area contributed by atoms with E-state index in [1.807, 2.05) is 55.5 Å². The molecular formula is C19H21NO3S. The van der Waals surface area contributed by atoms with Gasteiger partial charge in [0.15, 0.2) is 0 Å². The summed E-state index contributed by atoms with van der Waals surface area (Å²) < 4.78 is 11.0. The van der Waals surface area contributed by atoms with Crippen molar-refractivity contribution < 1.29 is 14.3 Å². The average molecular weight is 343 g/mol. The SMILES string of the molecule is CCOc1ccc(SCC(=O)N[C@H]2CCOc3ccccc32)cc1. The number of hydrogen-bond acceptors (Lipinski definition) is 4. The van der Waals surface area contributed by atoms with Gasteiger partial charge >= 0.3 is 0 Å². The van der Waals surface area contributed by atoms with Gasteiger partial charge in [-0.15, -0.1) is 11.8 Å². The van der Waals surface area contributed by atoms with Crippen LogP contribution in [-0.4, -0.2) is 24.9 Å². The zero-order valence-electron chi connectivity index (χ0n) is 13.7. The molecule has 1 N–H and O–H groups in total. The molecule has 3 rings (SSSR count). The van der Waals surface area contributed by atoms with Gasteiger partial charge in [0.1, 0.15) is 11.5 Å². The molecule has 0 fully saturated rings. The lowest BCUT2D eigenvalue weighted by Gasteiger charge is -2.26. The Balaban J connectivity index is 1.53. The Morgan fingerprint density at radius 2 is 2.04 bits per heavy atom. The molecule has 0 spiro atoms. The summed E-state index contributed by atoms with van der Waals surface area (Å²) in [7, 11) is 0. The van der Waals surface area contributed by atoms with Crippen molar-refractivity contribution >= 4 is 17.7 Å². The van der Waals surface area contributed by atoms with Crippen LogP contribution < -0.4 is 14.8 Å². The largest absolute Gasteiger partial charge is 0.494 e. The third kappa shape index (κ3) is 4.23. The summed E-state index contributed by atoms with van der Waals surface area (Å²) in [5, 5.41) is 3.11. The number of hydrogen-bond donors (Lipinski definition) is 1. The highest BCUT2D eigenvalue weighted by Gasteiger charge is 2.22. The molecule has 24 heavy (non-hydrogen) atoms. The highest BCUT2D eigenvalue weighted by molar-refractivity contribution is 8.00. The van der Waals surface area contributed by atoms with Gasteiger partial charge in [0.2, 0.25) is 5.91 Å². The number of fused-ring (bicyclic) bond motifs is 1. The van der Waals surface area contributed by atoms with Crippen LogP contribution in [0.4, 0.5) is 0 Å². The van der Waals surface area contributed by atoms with E-state index in [2.05, 4.69) is 5.32 Å². The number of carbonyl (C=O) groups excluding carboxylic acids is 1. The van der Waals surface area contributed by atoms with Crippen LogP contribution in [0.1, 0.15) is 24.9 Å². The highest BCUT2D eigenvalue weighted by Crippen LogP contribution is 2.31. The van der Waals surface area contributed by atoms with Crippen LogP contribution in [0.15, 0.2) is 53.4 Å². The van der Waals surface area contributed by atoms with E-state index in [0.717, 1.165) is 28.4 Å². The molecule has 0 radical (unpaired) electrons. The van der Waals surface area contributed by atoms with E-state index >= 15 is 0 Å². The number of nitrogens with one attached hydrogen (secondary N) is 1. The van der Waals surface area contributed by atoms with E-state index < -0.39 is 0 Å². The first-order chi connectivity index (χ1) is 11.8. The maximum Gasteiger partial charge on any atom is 0.230 e. The Morgan fingerprint density at radius 1 is 1.25 bits per heavy atom. The van der Waals surface area contributed by atoms with Crippen molar-refractivity contribution in [2.75, 3.05) is 19.0 Å². The van der Waals surface area contributed by atoms with Gasteiger partial charge in [0, 0.05) is 16.9 Å². The summed E-state index contributed by atoms with van der Waals surface area (Å²) in [6.45, 7) is 3.25. The van der Waals surface area contributed by atoms with Crippen LogP contribution >= 0.6 is 11.8 Å². The van der Waals surface area contributed by atoms with Gasteiger partial charge in [0.25, 0.3) is 0 Å². The van der Waals surface area contributed by atoms with Crippen LogP contribution in [0.25, 0.3) is 0 Å². The molecule has 2 aromatic rings. The van der Waals surface area contributed by atoms with Gasteiger partial charge in [-0.3, -0.25) is 4.79 Å². The Hall–Kier alpha value is -2.14. The van der Waals surface area contributed by atoms with Crippen LogP contribution in [0.3, 0.4) is 0 Å². The number of benzene rings is 2. The van der Waals surface area contributed by atoms with Crippen molar-refractivity contribution in [3.8, 4) is 11.5 Å². The van der Waals surface area contributed by atoms with Gasteiger partial charge in [-0.05, 0) is 37.3 Å². The lowest BCUT2D eigenvalue weighted by Crippen LogP contribution is -2.33. The molecule has 0 aliphatic carbocycles. The van der Waals surface area contributed by atoms with E-state index in [1.54, 1.807) is 0 Å². The third-order valence-corrected chi connectivity index (χ3v) is 4.81. The molecule has 126 valence electrons. The topological polar surface area (TPSA) is 47.6 Å². The molecule has 1 heterocycles. The minimum Gasteiger partial charge on any atom is -0.494 e. The second-order valence-corrected chi connectivity index (χ2v) is 6.54. The van der Waals surface area contributed by atoms with E-state index in [9.17, 15) is 4.79 Å². The predicted octanol–water partition coefficient (Wildman–Crippen LogP) is 3.82. The summed E-state index contributed by atoms with van der Waals surface area (Å²) in [6.07, 6.45) is 0.802. The maximum absolute atomic E-state index is 12.3. The molecule has 2 aromatic carbocycles. The molecule has 1 amide bonds. The lowest BCUT2D eigenvalue weighted by atomic mass is 10.0. The predicted molar refractivity (Wildman–Crippen MR) is 95.8 cm³/mol.